The van der Waals surface area contributed by atoms with Gasteiger partial charge < -0.3 is 4.57 Å². The quantitative estimate of drug-likeness (QED) is 0.138. The van der Waals surface area contributed by atoms with Gasteiger partial charge in [-0.25, -0.2) is 0 Å². The lowest BCUT2D eigenvalue weighted by molar-refractivity contribution is 1.18. The summed E-state index contributed by atoms with van der Waals surface area (Å²) in [4.78, 5) is 0. The summed E-state index contributed by atoms with van der Waals surface area (Å²) in [5, 5.41) is 37.6. The molecule has 0 aliphatic carbocycles. The molecule has 0 fully saturated rings. The van der Waals surface area contributed by atoms with Gasteiger partial charge >= 0.3 is 0 Å². The SMILES string of the molecule is N#Cc1ccc2c(c1)c1ccccc1n2-c1ccc(C#N)c(C#N)c1-c1cccc([Si](c2ccccc2)(c2ccccc2)c2ccccc2)c1. The van der Waals surface area contributed by atoms with Gasteiger partial charge in [0.1, 0.15) is 12.1 Å². The molecule has 0 atom stereocenters. The highest BCUT2D eigenvalue weighted by molar-refractivity contribution is 7.19. The first-order valence-electron chi connectivity index (χ1n) is 16.4. The number of benzene rings is 7. The van der Waals surface area contributed by atoms with Crippen molar-refractivity contribution in [3.8, 4) is 35.0 Å². The van der Waals surface area contributed by atoms with E-state index in [1.54, 1.807) is 6.07 Å². The van der Waals surface area contributed by atoms with Gasteiger partial charge in [-0.05, 0) is 62.7 Å². The third kappa shape index (κ3) is 4.72. The largest absolute Gasteiger partial charge is 0.309 e. The van der Waals surface area contributed by atoms with Crippen LogP contribution in [0.4, 0.5) is 0 Å². The molecular formula is C45H28N4Si. The van der Waals surface area contributed by atoms with Crippen molar-refractivity contribution in [1.29, 1.82) is 15.8 Å². The first kappa shape index (κ1) is 30.4. The van der Waals surface area contributed by atoms with Crippen LogP contribution in [0.15, 0.2) is 170 Å². The Hall–Kier alpha value is -6.97. The van der Waals surface area contributed by atoms with Crippen LogP contribution in [-0.4, -0.2) is 12.6 Å². The summed E-state index contributed by atoms with van der Waals surface area (Å²) in [6.07, 6.45) is 0. The molecule has 5 heteroatoms. The van der Waals surface area contributed by atoms with Crippen molar-refractivity contribution in [2.24, 2.45) is 0 Å². The molecule has 0 amide bonds. The molecule has 0 aliphatic heterocycles. The smallest absolute Gasteiger partial charge is 0.179 e. The van der Waals surface area contributed by atoms with Gasteiger partial charge in [0.05, 0.1) is 39.5 Å². The molecule has 50 heavy (non-hydrogen) atoms. The molecule has 1 aromatic heterocycles. The second-order valence-corrected chi connectivity index (χ2v) is 16.0. The summed E-state index contributed by atoms with van der Waals surface area (Å²) in [7, 11) is -2.88. The molecule has 0 unspecified atom stereocenters. The second kappa shape index (κ2) is 12.6. The molecule has 232 valence electrons. The standard InChI is InChI=1S/C45H28N4Si/c46-29-32-23-25-43-40(27-32)39-21-10-11-22-42(39)49(43)44-26-24-34(30-47)41(31-48)45(44)33-13-12-20-38(28-33)50(35-14-4-1-5-15-35,36-16-6-2-7-17-36)37-18-8-3-9-19-37/h1-28H. The minimum absolute atomic E-state index is 0.321. The molecule has 0 N–H and O–H groups in total. The van der Waals surface area contributed by atoms with Crippen molar-refractivity contribution in [2.45, 2.75) is 0 Å². The van der Waals surface area contributed by atoms with Gasteiger partial charge in [-0.15, -0.1) is 0 Å². The summed E-state index contributed by atoms with van der Waals surface area (Å²) < 4.78 is 2.16. The van der Waals surface area contributed by atoms with E-state index in [1.165, 1.54) is 15.6 Å². The number of fused-ring (bicyclic) bond motifs is 3. The van der Waals surface area contributed by atoms with E-state index in [0.717, 1.165) is 38.2 Å². The Morgan fingerprint density at radius 3 is 1.62 bits per heavy atom. The van der Waals surface area contributed by atoms with Gasteiger partial charge in [0.2, 0.25) is 0 Å². The molecule has 0 radical (unpaired) electrons. The number of hydrogen-bond donors (Lipinski definition) is 0. The first-order chi connectivity index (χ1) is 24.7. The lowest BCUT2D eigenvalue weighted by atomic mass is 9.94. The maximum absolute atomic E-state index is 10.7. The lowest BCUT2D eigenvalue weighted by Gasteiger charge is -2.34. The highest BCUT2D eigenvalue weighted by atomic mass is 28.3. The zero-order valence-electron chi connectivity index (χ0n) is 27.0. The number of rotatable bonds is 6. The van der Waals surface area contributed by atoms with Crippen molar-refractivity contribution in [2.75, 3.05) is 0 Å². The molecule has 1 heterocycles. The van der Waals surface area contributed by atoms with Crippen molar-refractivity contribution in [3.63, 3.8) is 0 Å². The Morgan fingerprint density at radius 1 is 0.440 bits per heavy atom. The van der Waals surface area contributed by atoms with Gasteiger partial charge in [0.25, 0.3) is 0 Å². The van der Waals surface area contributed by atoms with Crippen molar-refractivity contribution in [1.82, 2.24) is 4.57 Å². The second-order valence-electron chi connectivity index (χ2n) is 12.2. The maximum Gasteiger partial charge on any atom is 0.179 e. The van der Waals surface area contributed by atoms with Crippen LogP contribution in [-0.2, 0) is 0 Å². The van der Waals surface area contributed by atoms with E-state index >= 15 is 0 Å². The van der Waals surface area contributed by atoms with Gasteiger partial charge in [-0.2, -0.15) is 15.8 Å². The minimum Gasteiger partial charge on any atom is -0.309 e. The summed E-state index contributed by atoms with van der Waals surface area (Å²) in [5.74, 6) is 0. The molecular weight excluding hydrogens is 625 g/mol. The molecule has 8 aromatic rings. The predicted molar refractivity (Wildman–Crippen MR) is 204 cm³/mol. The van der Waals surface area contributed by atoms with Crippen LogP contribution in [0.2, 0.25) is 0 Å². The first-order valence-corrected chi connectivity index (χ1v) is 18.4. The number of aromatic nitrogens is 1. The highest BCUT2D eigenvalue weighted by Gasteiger charge is 2.41. The third-order valence-corrected chi connectivity index (χ3v) is 14.4. The maximum atomic E-state index is 10.7. The Bertz CT molecular complexity index is 2580. The molecule has 0 bridgehead atoms. The summed E-state index contributed by atoms with van der Waals surface area (Å²) >= 11 is 0. The van der Waals surface area contributed by atoms with E-state index in [1.807, 2.05) is 42.5 Å². The van der Waals surface area contributed by atoms with Gasteiger partial charge in [0, 0.05) is 16.3 Å². The van der Waals surface area contributed by atoms with Crippen LogP contribution in [0, 0.1) is 34.0 Å². The summed E-state index contributed by atoms with van der Waals surface area (Å²) in [6, 6.07) is 65.3. The summed E-state index contributed by atoms with van der Waals surface area (Å²) in [6.45, 7) is 0. The van der Waals surface area contributed by atoms with Crippen LogP contribution in [0.25, 0.3) is 38.6 Å². The number of nitriles is 3. The van der Waals surface area contributed by atoms with E-state index < -0.39 is 8.07 Å². The molecule has 0 saturated heterocycles. The Balaban J connectivity index is 1.48. The van der Waals surface area contributed by atoms with Crippen LogP contribution in [0.5, 0.6) is 0 Å². The number of hydrogen-bond acceptors (Lipinski definition) is 3. The van der Waals surface area contributed by atoms with Crippen molar-refractivity contribution >= 4 is 50.6 Å². The molecule has 0 spiro atoms. The molecule has 0 aliphatic rings. The van der Waals surface area contributed by atoms with E-state index in [4.69, 9.17) is 0 Å². The summed E-state index contributed by atoms with van der Waals surface area (Å²) in [5.41, 5.74) is 5.43. The van der Waals surface area contributed by atoms with Crippen molar-refractivity contribution < 1.29 is 0 Å². The zero-order chi connectivity index (χ0) is 34.1. The Kier molecular flexibility index (Phi) is 7.63. The van der Waals surface area contributed by atoms with E-state index in [2.05, 4.69) is 144 Å². The van der Waals surface area contributed by atoms with E-state index in [0.29, 0.717) is 22.3 Å². The molecule has 4 nitrogen and oxygen atoms in total. The van der Waals surface area contributed by atoms with Gasteiger partial charge in [-0.3, -0.25) is 0 Å². The van der Waals surface area contributed by atoms with Crippen LogP contribution in [0.3, 0.4) is 0 Å². The average Bonchev–Trinajstić information content (AvgIpc) is 3.52. The fourth-order valence-electron chi connectivity index (χ4n) is 7.55. The van der Waals surface area contributed by atoms with Crippen LogP contribution in [0.1, 0.15) is 16.7 Å². The Labute approximate surface area is 291 Å². The lowest BCUT2D eigenvalue weighted by Crippen LogP contribution is -2.74. The highest BCUT2D eigenvalue weighted by Crippen LogP contribution is 2.39. The minimum atomic E-state index is -2.88. The predicted octanol–water partition coefficient (Wildman–Crippen LogP) is 7.44. The fourth-order valence-corrected chi connectivity index (χ4v) is 12.3. The Morgan fingerprint density at radius 2 is 1.02 bits per heavy atom. The van der Waals surface area contributed by atoms with Gasteiger partial charge in [-0.1, -0.05) is 133 Å². The number of para-hydroxylation sites is 1. The molecule has 8 rings (SSSR count). The molecule has 0 saturated carbocycles. The zero-order valence-corrected chi connectivity index (χ0v) is 28.0. The topological polar surface area (TPSA) is 76.3 Å². The number of nitrogens with zero attached hydrogens (tertiary/aromatic N) is 4. The third-order valence-electron chi connectivity index (χ3n) is 9.66. The fraction of sp³-hybridized carbons (Fsp3) is 0. The normalized spacial score (nSPS) is 11.1. The monoisotopic (exact) mass is 652 g/mol. The van der Waals surface area contributed by atoms with E-state index in [-0.39, 0.29) is 0 Å². The average molecular weight is 653 g/mol. The van der Waals surface area contributed by atoms with Crippen LogP contribution < -0.4 is 20.7 Å². The van der Waals surface area contributed by atoms with Crippen LogP contribution >= 0.6 is 0 Å². The molecule has 7 aromatic carbocycles. The van der Waals surface area contributed by atoms with Gasteiger partial charge in [0.15, 0.2) is 8.07 Å². The van der Waals surface area contributed by atoms with Crippen molar-refractivity contribution in [3.05, 3.63) is 187 Å². The van der Waals surface area contributed by atoms with E-state index in [9.17, 15) is 15.8 Å².